The average Bonchev–Trinajstić information content (AvgIpc) is 3.13. The van der Waals surface area contributed by atoms with Crippen LogP contribution in [0.1, 0.15) is 61.1 Å². The number of phenolic OH excluding ortho intramolecular Hbond substituents is 2. The quantitative estimate of drug-likeness (QED) is 0.0912. The summed E-state index contributed by atoms with van der Waals surface area (Å²) in [5.74, 6) is -2.91. The zero-order chi connectivity index (χ0) is 37.5. The van der Waals surface area contributed by atoms with Crippen molar-refractivity contribution in [2.45, 2.75) is 38.5 Å². The van der Waals surface area contributed by atoms with Gasteiger partial charge >= 0.3 is 0 Å². The first-order valence-electron chi connectivity index (χ1n) is 16.5. The van der Waals surface area contributed by atoms with Crippen LogP contribution in [0, 0.1) is 23.3 Å². The van der Waals surface area contributed by atoms with E-state index in [2.05, 4.69) is 9.98 Å². The van der Waals surface area contributed by atoms with Crippen LogP contribution >= 0.6 is 24.8 Å². The second-order valence-electron chi connectivity index (χ2n) is 13.1. The molecule has 0 aromatic heterocycles. The van der Waals surface area contributed by atoms with E-state index >= 15 is 0 Å². The van der Waals surface area contributed by atoms with Crippen molar-refractivity contribution in [1.82, 2.24) is 0 Å². The molecular formula is C44H40Cl2F4N2O2Ti. The molecule has 4 nitrogen and oxygen atoms in total. The van der Waals surface area contributed by atoms with Crippen LogP contribution in [0.2, 0.25) is 0 Å². The molecule has 0 amide bonds. The van der Waals surface area contributed by atoms with Gasteiger partial charge in [-0.3, -0.25) is 0 Å². The molecule has 0 fully saturated rings. The normalized spacial score (nSPS) is 11.2. The van der Waals surface area contributed by atoms with Crippen LogP contribution in [0.25, 0.3) is 0 Å². The maximum atomic E-state index is 13.7. The fraction of sp³-hybridized carbons (Fsp3) is 0.136. The third kappa shape index (κ3) is 10.7. The van der Waals surface area contributed by atoms with Gasteiger partial charge in [-0.1, -0.05) is 125 Å². The molecule has 6 aromatic carbocycles. The number of benzene rings is 6. The van der Waals surface area contributed by atoms with E-state index in [0.29, 0.717) is 22.3 Å². The molecule has 55 heavy (non-hydrogen) atoms. The molecule has 0 atom stereocenters. The summed E-state index contributed by atoms with van der Waals surface area (Å²) in [5, 5.41) is 21.4. The first-order valence-corrected chi connectivity index (χ1v) is 16.5. The summed E-state index contributed by atoms with van der Waals surface area (Å²) in [6.07, 6.45) is 2.56. The average molecular weight is 824 g/mol. The summed E-state index contributed by atoms with van der Waals surface area (Å²) in [6.45, 7) is 8.04. The molecule has 0 aliphatic carbocycles. The summed E-state index contributed by atoms with van der Waals surface area (Å²) in [6, 6.07) is 37.3. The van der Waals surface area contributed by atoms with E-state index in [-0.39, 0.29) is 69.4 Å². The largest absolute Gasteiger partial charge is 0.507 e. The first kappa shape index (κ1) is 46.4. The van der Waals surface area contributed by atoms with Gasteiger partial charge in [-0.05, 0) is 47.5 Å². The van der Waals surface area contributed by atoms with Crippen molar-refractivity contribution in [2.24, 2.45) is 9.98 Å². The summed E-state index contributed by atoms with van der Waals surface area (Å²) in [5.41, 5.74) is 2.66. The molecule has 0 spiro atoms. The van der Waals surface area contributed by atoms with Gasteiger partial charge in [-0.15, -0.1) is 24.8 Å². The van der Waals surface area contributed by atoms with Gasteiger partial charge in [-0.25, -0.2) is 27.5 Å². The van der Waals surface area contributed by atoms with Gasteiger partial charge in [-0.2, -0.15) is 0 Å². The van der Waals surface area contributed by atoms with Gasteiger partial charge in [0.2, 0.25) is 0 Å². The molecule has 284 valence electrons. The van der Waals surface area contributed by atoms with E-state index in [0.717, 1.165) is 35.4 Å². The monoisotopic (exact) mass is 822 g/mol. The predicted molar refractivity (Wildman–Crippen MR) is 215 cm³/mol. The van der Waals surface area contributed by atoms with Crippen molar-refractivity contribution in [3.05, 3.63) is 190 Å². The fourth-order valence-corrected chi connectivity index (χ4v) is 5.85. The van der Waals surface area contributed by atoms with E-state index in [9.17, 15) is 27.8 Å². The molecule has 0 unspecified atom stereocenters. The number of halogens is 6. The molecule has 2 N–H and O–H groups in total. The zero-order valence-electron chi connectivity index (χ0n) is 30.5. The molecule has 0 bridgehead atoms. The van der Waals surface area contributed by atoms with Crippen molar-refractivity contribution in [3.63, 3.8) is 0 Å². The van der Waals surface area contributed by atoms with Crippen LogP contribution in [-0.2, 0) is 32.5 Å². The Morgan fingerprint density at radius 3 is 1.04 bits per heavy atom. The van der Waals surface area contributed by atoms with Crippen LogP contribution in [-0.4, -0.2) is 22.6 Å². The van der Waals surface area contributed by atoms with Crippen molar-refractivity contribution in [2.75, 3.05) is 0 Å². The number of rotatable bonds is 8. The third-order valence-electron chi connectivity index (χ3n) is 9.01. The van der Waals surface area contributed by atoms with Crippen molar-refractivity contribution < 1.29 is 49.5 Å². The van der Waals surface area contributed by atoms with Gasteiger partial charge in [0.1, 0.15) is 22.9 Å². The molecule has 0 aliphatic rings. The van der Waals surface area contributed by atoms with E-state index in [1.807, 2.05) is 100 Å². The number of hydrogen-bond acceptors (Lipinski definition) is 4. The van der Waals surface area contributed by atoms with Crippen LogP contribution < -0.4 is 0 Å². The smallest absolute Gasteiger partial charge is 0.151 e. The summed E-state index contributed by atoms with van der Waals surface area (Å²) < 4.78 is 54.9. The number of aliphatic imine (C=N–C) groups is 2. The zero-order valence-corrected chi connectivity index (χ0v) is 33.7. The maximum Gasteiger partial charge on any atom is 0.151 e. The standard InChI is InChI=1S/2C22H19F2NO.2ClH.Ti/c2*1-22(2,16-9-4-3-5-10-16)17-11-6-8-15(21(17)26)14-25-20-18(23)12-7-13-19(20)24;;;/h2*3-14,26H,1-2H3;2*1H;. The first-order chi connectivity index (χ1) is 24.8. The topological polar surface area (TPSA) is 65.2 Å². The Bertz CT molecular complexity index is 2040. The molecule has 6 aromatic rings. The molecule has 11 heteroatoms. The molecule has 0 heterocycles. The Hall–Kier alpha value is -4.73. The molecular weight excluding hydrogens is 783 g/mol. The van der Waals surface area contributed by atoms with Crippen LogP contribution in [0.15, 0.2) is 143 Å². The van der Waals surface area contributed by atoms with Gasteiger partial charge in [0.05, 0.1) is 0 Å². The Morgan fingerprint density at radius 1 is 0.436 bits per heavy atom. The minimum absolute atomic E-state index is 0. The SMILES string of the molecule is CC(C)(c1ccccc1)c1cccc(C=Nc2c(F)cccc2F)c1O.CC(C)(c1ccccc1)c1cccc(C=Nc2c(F)cccc2F)c1O.Cl.Cl.[Ti]. The molecule has 0 aliphatic heterocycles. The second kappa shape index (κ2) is 20.3. The second-order valence-corrected chi connectivity index (χ2v) is 13.1. The number of para-hydroxylation sites is 4. The van der Waals surface area contributed by atoms with E-state index in [1.165, 1.54) is 24.6 Å². The Balaban J connectivity index is 0.000000360. The van der Waals surface area contributed by atoms with Crippen molar-refractivity contribution >= 4 is 48.6 Å². The maximum absolute atomic E-state index is 13.7. The van der Waals surface area contributed by atoms with Gasteiger partial charge in [0.25, 0.3) is 0 Å². The van der Waals surface area contributed by atoms with E-state index < -0.39 is 34.1 Å². The van der Waals surface area contributed by atoms with Gasteiger partial charge < -0.3 is 10.2 Å². The van der Waals surface area contributed by atoms with Gasteiger partial charge in [0, 0.05) is 67.2 Å². The number of hydrogen-bond donors (Lipinski definition) is 2. The molecule has 0 radical (unpaired) electrons. The third-order valence-corrected chi connectivity index (χ3v) is 9.01. The minimum atomic E-state index is -0.749. The Morgan fingerprint density at radius 2 is 0.727 bits per heavy atom. The minimum Gasteiger partial charge on any atom is -0.507 e. The fourth-order valence-electron chi connectivity index (χ4n) is 5.85. The van der Waals surface area contributed by atoms with Gasteiger partial charge in [0.15, 0.2) is 23.3 Å². The number of phenols is 2. The van der Waals surface area contributed by atoms with Crippen molar-refractivity contribution in [3.8, 4) is 11.5 Å². The summed E-state index contributed by atoms with van der Waals surface area (Å²) >= 11 is 0. The molecule has 6 rings (SSSR count). The predicted octanol–water partition coefficient (Wildman–Crippen LogP) is 12.3. The van der Waals surface area contributed by atoms with E-state index in [1.54, 1.807) is 24.3 Å². The van der Waals surface area contributed by atoms with E-state index in [4.69, 9.17) is 0 Å². The van der Waals surface area contributed by atoms with Crippen LogP contribution in [0.4, 0.5) is 28.9 Å². The summed E-state index contributed by atoms with van der Waals surface area (Å²) in [4.78, 5) is 7.79. The summed E-state index contributed by atoms with van der Waals surface area (Å²) in [7, 11) is 0. The number of aromatic hydroxyl groups is 2. The molecule has 0 saturated heterocycles. The Labute approximate surface area is 346 Å². The Kier molecular flexibility index (Phi) is 17.1. The number of nitrogens with zero attached hydrogens (tertiary/aromatic N) is 2. The molecule has 0 saturated carbocycles. The van der Waals surface area contributed by atoms with Crippen LogP contribution in [0.5, 0.6) is 11.5 Å². The van der Waals surface area contributed by atoms with Crippen LogP contribution in [0.3, 0.4) is 0 Å². The van der Waals surface area contributed by atoms with Crippen molar-refractivity contribution in [1.29, 1.82) is 0 Å².